The zero-order valence-corrected chi connectivity index (χ0v) is 11.0. The second kappa shape index (κ2) is 7.51. The summed E-state index contributed by atoms with van der Waals surface area (Å²) < 4.78 is 0. The number of halogens is 1. The summed E-state index contributed by atoms with van der Waals surface area (Å²) in [6.07, 6.45) is 6.78. The van der Waals surface area contributed by atoms with Gasteiger partial charge in [-0.2, -0.15) is 0 Å². The van der Waals surface area contributed by atoms with Crippen LogP contribution in [-0.2, 0) is 0 Å². The normalized spacial score (nSPS) is 26.4. The van der Waals surface area contributed by atoms with Crippen molar-refractivity contribution in [2.24, 2.45) is 17.8 Å². The van der Waals surface area contributed by atoms with Gasteiger partial charge in [0.1, 0.15) is 0 Å². The molecule has 0 bridgehead atoms. The lowest BCUT2D eigenvalue weighted by molar-refractivity contribution is 0.391. The number of rotatable bonds is 7. The van der Waals surface area contributed by atoms with Gasteiger partial charge in [0, 0.05) is 5.88 Å². The quantitative estimate of drug-likeness (QED) is 0.521. The van der Waals surface area contributed by atoms with E-state index in [-0.39, 0.29) is 0 Å². The summed E-state index contributed by atoms with van der Waals surface area (Å²) in [5.74, 6) is 3.33. The molecule has 0 amide bonds. The van der Waals surface area contributed by atoms with E-state index in [9.17, 15) is 0 Å². The predicted molar refractivity (Wildman–Crippen MR) is 68.5 cm³/mol. The minimum Gasteiger partial charge on any atom is -0.316 e. The molecule has 0 heterocycles. The summed E-state index contributed by atoms with van der Waals surface area (Å²) >= 11 is 5.96. The number of hydrogen-bond acceptors (Lipinski definition) is 1. The van der Waals surface area contributed by atoms with Crippen LogP contribution in [0.4, 0.5) is 0 Å². The van der Waals surface area contributed by atoms with Gasteiger partial charge in [0.15, 0.2) is 0 Å². The molecule has 0 aromatic rings. The Bertz CT molecular complexity index is 159. The van der Waals surface area contributed by atoms with Crippen molar-refractivity contribution in [3.8, 4) is 0 Å². The van der Waals surface area contributed by atoms with Crippen LogP contribution >= 0.6 is 11.6 Å². The largest absolute Gasteiger partial charge is 0.316 e. The van der Waals surface area contributed by atoms with Crippen LogP contribution in [0.1, 0.15) is 46.0 Å². The Labute approximate surface area is 100.0 Å². The lowest BCUT2D eigenvalue weighted by atomic mass is 9.98. The Hall–Kier alpha value is 0.250. The van der Waals surface area contributed by atoms with E-state index >= 15 is 0 Å². The molecule has 0 aromatic heterocycles. The Morgan fingerprint density at radius 3 is 2.67 bits per heavy atom. The molecule has 1 nitrogen and oxygen atoms in total. The van der Waals surface area contributed by atoms with Crippen LogP contribution in [-0.4, -0.2) is 19.0 Å². The molecule has 1 saturated carbocycles. The maximum absolute atomic E-state index is 5.96. The molecule has 1 aliphatic carbocycles. The molecule has 1 N–H and O–H groups in total. The molecule has 90 valence electrons. The Kier molecular flexibility index (Phi) is 6.67. The summed E-state index contributed by atoms with van der Waals surface area (Å²) in [4.78, 5) is 0. The van der Waals surface area contributed by atoms with Crippen molar-refractivity contribution < 1.29 is 0 Å². The van der Waals surface area contributed by atoms with Gasteiger partial charge in [-0.05, 0) is 56.5 Å². The second-order valence-electron chi connectivity index (χ2n) is 5.35. The topological polar surface area (TPSA) is 12.0 Å². The van der Waals surface area contributed by atoms with Crippen molar-refractivity contribution in [2.75, 3.05) is 19.0 Å². The van der Waals surface area contributed by atoms with Crippen LogP contribution in [0.15, 0.2) is 0 Å². The van der Waals surface area contributed by atoms with Gasteiger partial charge in [0.05, 0.1) is 0 Å². The van der Waals surface area contributed by atoms with Gasteiger partial charge in [-0.1, -0.05) is 20.3 Å². The standard InChI is InChI=1S/C13H26ClN/c1-11(2)5-4-8-15-10-13-7-3-6-12(13)9-14/h11-13,15H,3-10H2,1-2H3. The first-order valence-electron chi connectivity index (χ1n) is 6.50. The highest BCUT2D eigenvalue weighted by molar-refractivity contribution is 6.18. The van der Waals surface area contributed by atoms with Crippen LogP contribution in [0.25, 0.3) is 0 Å². The van der Waals surface area contributed by atoms with Gasteiger partial charge in [-0.25, -0.2) is 0 Å². The summed E-state index contributed by atoms with van der Waals surface area (Å²) in [7, 11) is 0. The minimum atomic E-state index is 0.782. The lowest BCUT2D eigenvalue weighted by Crippen LogP contribution is -2.26. The molecule has 0 aromatic carbocycles. The van der Waals surface area contributed by atoms with E-state index in [1.165, 1.54) is 45.2 Å². The number of hydrogen-bond donors (Lipinski definition) is 1. The lowest BCUT2D eigenvalue weighted by Gasteiger charge is -2.17. The third-order valence-corrected chi connectivity index (χ3v) is 3.95. The third-order valence-electron chi connectivity index (χ3n) is 3.56. The van der Waals surface area contributed by atoms with Gasteiger partial charge < -0.3 is 5.32 Å². The Balaban J connectivity index is 1.99. The van der Waals surface area contributed by atoms with Gasteiger partial charge >= 0.3 is 0 Å². The summed E-state index contributed by atoms with van der Waals surface area (Å²) in [5.41, 5.74) is 0. The second-order valence-corrected chi connectivity index (χ2v) is 5.65. The van der Waals surface area contributed by atoms with E-state index in [4.69, 9.17) is 11.6 Å². The SMILES string of the molecule is CC(C)CCCNCC1CCCC1CCl. The highest BCUT2D eigenvalue weighted by Crippen LogP contribution is 2.31. The highest BCUT2D eigenvalue weighted by Gasteiger charge is 2.25. The maximum Gasteiger partial charge on any atom is 0.0254 e. The van der Waals surface area contributed by atoms with Crippen LogP contribution in [0.2, 0.25) is 0 Å². The first-order chi connectivity index (χ1) is 7.24. The van der Waals surface area contributed by atoms with Crippen molar-refractivity contribution in [1.82, 2.24) is 5.32 Å². The smallest absolute Gasteiger partial charge is 0.0254 e. The van der Waals surface area contributed by atoms with Crippen molar-refractivity contribution in [1.29, 1.82) is 0 Å². The maximum atomic E-state index is 5.96. The summed E-state index contributed by atoms with van der Waals surface area (Å²) in [6, 6.07) is 0. The van der Waals surface area contributed by atoms with Crippen molar-refractivity contribution >= 4 is 11.6 Å². The fourth-order valence-electron chi connectivity index (χ4n) is 2.51. The van der Waals surface area contributed by atoms with Crippen LogP contribution in [0.5, 0.6) is 0 Å². The zero-order valence-electron chi connectivity index (χ0n) is 10.3. The molecule has 1 rings (SSSR count). The van der Waals surface area contributed by atoms with Crippen LogP contribution < -0.4 is 5.32 Å². The Morgan fingerprint density at radius 2 is 2.00 bits per heavy atom. The fraction of sp³-hybridized carbons (Fsp3) is 1.00. The molecule has 2 atom stereocenters. The van der Waals surface area contributed by atoms with E-state index in [1.807, 2.05) is 0 Å². The van der Waals surface area contributed by atoms with E-state index in [0.29, 0.717) is 0 Å². The molecule has 1 fully saturated rings. The predicted octanol–water partition coefficient (Wildman–Crippen LogP) is 3.67. The number of nitrogens with one attached hydrogen (secondary N) is 1. The first-order valence-corrected chi connectivity index (χ1v) is 7.04. The molecular weight excluding hydrogens is 206 g/mol. The van der Waals surface area contributed by atoms with E-state index < -0.39 is 0 Å². The molecule has 1 aliphatic rings. The van der Waals surface area contributed by atoms with Gasteiger partial charge in [-0.3, -0.25) is 0 Å². The van der Waals surface area contributed by atoms with Crippen molar-refractivity contribution in [3.63, 3.8) is 0 Å². The van der Waals surface area contributed by atoms with Gasteiger partial charge in [0.2, 0.25) is 0 Å². The Morgan fingerprint density at radius 1 is 1.27 bits per heavy atom. The van der Waals surface area contributed by atoms with Gasteiger partial charge in [0.25, 0.3) is 0 Å². The zero-order chi connectivity index (χ0) is 11.1. The minimum absolute atomic E-state index is 0.782. The van der Waals surface area contributed by atoms with Crippen molar-refractivity contribution in [2.45, 2.75) is 46.0 Å². The molecule has 2 unspecified atom stereocenters. The molecule has 0 aliphatic heterocycles. The van der Waals surface area contributed by atoms with Crippen LogP contribution in [0.3, 0.4) is 0 Å². The highest BCUT2D eigenvalue weighted by atomic mass is 35.5. The van der Waals surface area contributed by atoms with E-state index in [1.54, 1.807) is 0 Å². The third kappa shape index (κ3) is 5.21. The first kappa shape index (κ1) is 13.3. The number of alkyl halides is 1. The van der Waals surface area contributed by atoms with Gasteiger partial charge in [-0.15, -0.1) is 11.6 Å². The summed E-state index contributed by atoms with van der Waals surface area (Å²) in [6.45, 7) is 6.96. The van der Waals surface area contributed by atoms with Crippen molar-refractivity contribution in [3.05, 3.63) is 0 Å². The van der Waals surface area contributed by atoms with E-state index in [0.717, 1.165) is 23.6 Å². The molecular formula is C13H26ClN. The monoisotopic (exact) mass is 231 g/mol. The van der Waals surface area contributed by atoms with Crippen LogP contribution in [0, 0.1) is 17.8 Å². The molecule has 0 saturated heterocycles. The molecule has 2 heteroatoms. The summed E-state index contributed by atoms with van der Waals surface area (Å²) in [5, 5.41) is 3.59. The fourth-order valence-corrected chi connectivity index (χ4v) is 2.91. The average molecular weight is 232 g/mol. The molecule has 15 heavy (non-hydrogen) atoms. The molecule has 0 radical (unpaired) electrons. The average Bonchev–Trinajstić information content (AvgIpc) is 2.64. The molecule has 0 spiro atoms. The van der Waals surface area contributed by atoms with E-state index in [2.05, 4.69) is 19.2 Å².